The normalized spacial score (nSPS) is 13.0. The summed E-state index contributed by atoms with van der Waals surface area (Å²) in [7, 11) is 0. The van der Waals surface area contributed by atoms with Crippen molar-refractivity contribution in [2.75, 3.05) is 0 Å². The molecule has 0 heterocycles. The number of nitriles is 1. The van der Waals surface area contributed by atoms with E-state index in [0.717, 1.165) is 5.56 Å². The Labute approximate surface area is 252 Å². The Kier molecular flexibility index (Phi) is 5.61. The number of benzene rings is 7. The first kappa shape index (κ1) is 25.3. The van der Waals surface area contributed by atoms with Crippen LogP contribution in [0.1, 0.15) is 30.5 Å². The fourth-order valence-electron chi connectivity index (χ4n) is 7.26. The summed E-state index contributed by atoms with van der Waals surface area (Å²) in [6.45, 7) is 4.69. The average molecular weight is 548 g/mol. The Morgan fingerprint density at radius 2 is 1.05 bits per heavy atom. The predicted molar refractivity (Wildman–Crippen MR) is 180 cm³/mol. The van der Waals surface area contributed by atoms with Crippen LogP contribution in [-0.2, 0) is 5.41 Å². The molecule has 0 atom stereocenters. The Morgan fingerprint density at radius 3 is 1.81 bits per heavy atom. The fraction of sp³-hybridized carbons (Fsp3) is 0.0714. The van der Waals surface area contributed by atoms with Crippen molar-refractivity contribution in [2.24, 2.45) is 0 Å². The molecule has 0 spiro atoms. The van der Waals surface area contributed by atoms with Gasteiger partial charge in [0, 0.05) is 5.41 Å². The van der Waals surface area contributed by atoms with E-state index in [-0.39, 0.29) is 5.41 Å². The van der Waals surface area contributed by atoms with Gasteiger partial charge in [0.25, 0.3) is 0 Å². The van der Waals surface area contributed by atoms with Crippen LogP contribution in [0.15, 0.2) is 140 Å². The maximum absolute atomic E-state index is 9.48. The Balaban J connectivity index is 1.54. The van der Waals surface area contributed by atoms with Crippen molar-refractivity contribution in [1.29, 1.82) is 5.26 Å². The van der Waals surface area contributed by atoms with E-state index in [0.29, 0.717) is 5.56 Å². The molecule has 1 aliphatic carbocycles. The third kappa shape index (κ3) is 3.77. The van der Waals surface area contributed by atoms with Gasteiger partial charge in [-0.25, -0.2) is 0 Å². The zero-order valence-electron chi connectivity index (χ0n) is 24.2. The van der Waals surface area contributed by atoms with E-state index in [2.05, 4.69) is 147 Å². The molecule has 0 saturated carbocycles. The first-order valence-electron chi connectivity index (χ1n) is 14.8. The van der Waals surface area contributed by atoms with Crippen molar-refractivity contribution in [3.8, 4) is 50.6 Å². The summed E-state index contributed by atoms with van der Waals surface area (Å²) < 4.78 is 0. The van der Waals surface area contributed by atoms with Gasteiger partial charge in [-0.3, -0.25) is 0 Å². The molecule has 43 heavy (non-hydrogen) atoms. The lowest BCUT2D eigenvalue weighted by atomic mass is 9.80. The zero-order valence-corrected chi connectivity index (χ0v) is 24.2. The van der Waals surface area contributed by atoms with Crippen molar-refractivity contribution in [3.05, 3.63) is 156 Å². The van der Waals surface area contributed by atoms with E-state index in [4.69, 9.17) is 0 Å². The lowest BCUT2D eigenvalue weighted by molar-refractivity contribution is 0.660. The summed E-state index contributed by atoms with van der Waals surface area (Å²) in [5.41, 5.74) is 13.3. The molecule has 0 radical (unpaired) electrons. The van der Waals surface area contributed by atoms with Crippen molar-refractivity contribution < 1.29 is 0 Å². The molecule has 0 fully saturated rings. The van der Waals surface area contributed by atoms with Crippen LogP contribution in [0.5, 0.6) is 0 Å². The van der Waals surface area contributed by atoms with E-state index in [1.54, 1.807) is 0 Å². The maximum Gasteiger partial charge on any atom is 0.0991 e. The molecule has 7 aromatic carbocycles. The fourth-order valence-corrected chi connectivity index (χ4v) is 7.26. The van der Waals surface area contributed by atoms with E-state index in [1.807, 2.05) is 12.1 Å². The summed E-state index contributed by atoms with van der Waals surface area (Å²) >= 11 is 0. The van der Waals surface area contributed by atoms with Crippen LogP contribution in [0.2, 0.25) is 0 Å². The van der Waals surface area contributed by atoms with Gasteiger partial charge < -0.3 is 0 Å². The van der Waals surface area contributed by atoms with Gasteiger partial charge in [-0.15, -0.1) is 0 Å². The van der Waals surface area contributed by atoms with Crippen molar-refractivity contribution in [1.82, 2.24) is 0 Å². The minimum Gasteiger partial charge on any atom is -0.192 e. The third-order valence-corrected chi connectivity index (χ3v) is 9.31. The summed E-state index contributed by atoms with van der Waals surface area (Å²) in [6.07, 6.45) is 0. The monoisotopic (exact) mass is 547 g/mol. The third-order valence-electron chi connectivity index (χ3n) is 9.31. The van der Waals surface area contributed by atoms with E-state index >= 15 is 0 Å². The second kappa shape index (κ2) is 9.55. The van der Waals surface area contributed by atoms with Gasteiger partial charge in [0.1, 0.15) is 0 Å². The van der Waals surface area contributed by atoms with Crippen LogP contribution in [-0.4, -0.2) is 0 Å². The SMILES string of the molecule is CC1(C)c2ccccc2-c2c(-c3c4ccccc4c(-c4ccc(C#N)cc4)c4ccc(-c5ccccc5)cc34)cccc21. The van der Waals surface area contributed by atoms with Gasteiger partial charge >= 0.3 is 0 Å². The molecule has 0 aromatic heterocycles. The number of hydrogen-bond donors (Lipinski definition) is 0. The molecule has 0 aliphatic heterocycles. The number of rotatable bonds is 3. The second-order valence-electron chi connectivity index (χ2n) is 12.0. The number of fused-ring (bicyclic) bond motifs is 5. The minimum absolute atomic E-state index is 0.0782. The summed E-state index contributed by atoms with van der Waals surface area (Å²) in [6, 6.07) is 52.4. The second-order valence-corrected chi connectivity index (χ2v) is 12.0. The Morgan fingerprint density at radius 1 is 0.442 bits per heavy atom. The number of hydrogen-bond acceptors (Lipinski definition) is 1. The molecule has 1 nitrogen and oxygen atoms in total. The molecular weight excluding hydrogens is 518 g/mol. The highest BCUT2D eigenvalue weighted by Crippen LogP contribution is 2.54. The van der Waals surface area contributed by atoms with Crippen LogP contribution in [0.25, 0.3) is 66.1 Å². The lowest BCUT2D eigenvalue weighted by Crippen LogP contribution is -2.14. The van der Waals surface area contributed by atoms with Gasteiger partial charge in [0.15, 0.2) is 0 Å². The average Bonchev–Trinajstić information content (AvgIpc) is 3.30. The molecule has 0 N–H and O–H groups in total. The highest BCUT2D eigenvalue weighted by molar-refractivity contribution is 6.23. The van der Waals surface area contributed by atoms with Crippen molar-refractivity contribution in [3.63, 3.8) is 0 Å². The van der Waals surface area contributed by atoms with E-state index < -0.39 is 0 Å². The molecule has 1 aliphatic rings. The topological polar surface area (TPSA) is 23.8 Å². The predicted octanol–water partition coefficient (Wildman–Crippen LogP) is 11.2. The molecule has 0 unspecified atom stereocenters. The van der Waals surface area contributed by atoms with Gasteiger partial charge in [0.05, 0.1) is 11.6 Å². The van der Waals surface area contributed by atoms with Gasteiger partial charge in [-0.2, -0.15) is 5.26 Å². The Bertz CT molecular complexity index is 2250. The highest BCUT2D eigenvalue weighted by atomic mass is 14.4. The van der Waals surface area contributed by atoms with Crippen molar-refractivity contribution in [2.45, 2.75) is 19.3 Å². The molecule has 8 rings (SSSR count). The molecular formula is C42H29N. The summed E-state index contributed by atoms with van der Waals surface area (Å²) in [4.78, 5) is 0. The minimum atomic E-state index is -0.0782. The molecule has 0 bridgehead atoms. The van der Waals surface area contributed by atoms with Crippen LogP contribution in [0.4, 0.5) is 0 Å². The number of nitrogens with zero attached hydrogens (tertiary/aromatic N) is 1. The molecule has 7 aromatic rings. The maximum atomic E-state index is 9.48. The molecule has 1 heteroatoms. The summed E-state index contributed by atoms with van der Waals surface area (Å²) in [5.74, 6) is 0. The van der Waals surface area contributed by atoms with E-state index in [1.165, 1.54) is 71.6 Å². The zero-order chi connectivity index (χ0) is 29.1. The first-order chi connectivity index (χ1) is 21.1. The molecule has 0 amide bonds. The van der Waals surface area contributed by atoms with Gasteiger partial charge in [0.2, 0.25) is 0 Å². The first-order valence-corrected chi connectivity index (χ1v) is 14.8. The summed E-state index contributed by atoms with van der Waals surface area (Å²) in [5, 5.41) is 14.4. The van der Waals surface area contributed by atoms with Crippen LogP contribution >= 0.6 is 0 Å². The quantitative estimate of drug-likeness (QED) is 0.202. The van der Waals surface area contributed by atoms with Gasteiger partial charge in [-0.05, 0) is 95.4 Å². The standard InChI is InChI=1S/C42H29N/c1-42(2)37-17-9-8-15-34(37)41-35(16-10-18-38(41)42)40-32-14-7-6-13-31(32)39(29-21-19-27(26-43)20-22-29)33-24-23-30(25-36(33)40)28-11-4-3-5-12-28/h3-25H,1-2H3. The smallest absolute Gasteiger partial charge is 0.0991 e. The van der Waals surface area contributed by atoms with Crippen molar-refractivity contribution >= 4 is 21.5 Å². The van der Waals surface area contributed by atoms with Gasteiger partial charge in [-0.1, -0.05) is 135 Å². The highest BCUT2D eigenvalue weighted by Gasteiger charge is 2.37. The molecule has 0 saturated heterocycles. The largest absolute Gasteiger partial charge is 0.192 e. The van der Waals surface area contributed by atoms with Crippen LogP contribution < -0.4 is 0 Å². The Hall–Kier alpha value is -5.45. The lowest BCUT2D eigenvalue weighted by Gasteiger charge is -2.23. The van der Waals surface area contributed by atoms with Crippen LogP contribution in [0, 0.1) is 11.3 Å². The molecule has 202 valence electrons. The van der Waals surface area contributed by atoms with E-state index in [9.17, 15) is 5.26 Å². The van der Waals surface area contributed by atoms with Crippen LogP contribution in [0.3, 0.4) is 0 Å².